The van der Waals surface area contributed by atoms with Crippen molar-refractivity contribution in [3.63, 3.8) is 0 Å². The number of alkyl halides is 3. The molecule has 2 aromatic rings. The monoisotopic (exact) mass is 436 g/mol. The zero-order valence-electron chi connectivity index (χ0n) is 17.9. The fourth-order valence-electron chi connectivity index (χ4n) is 3.59. The second-order valence-corrected chi connectivity index (χ2v) is 8.93. The average Bonchev–Trinajstić information content (AvgIpc) is 2.63. The number of benzene rings is 2. The zero-order valence-corrected chi connectivity index (χ0v) is 17.9. The molecule has 0 unspecified atom stereocenters. The number of ether oxygens (including phenoxy) is 1. The predicted octanol–water partition coefficient (Wildman–Crippen LogP) is 4.64. The predicted molar refractivity (Wildman–Crippen MR) is 112 cm³/mol. The van der Waals surface area contributed by atoms with Gasteiger partial charge in [-0.05, 0) is 43.5 Å². The maximum atomic E-state index is 13.1. The molecule has 8 heteroatoms. The van der Waals surface area contributed by atoms with Crippen LogP contribution in [0.1, 0.15) is 26.3 Å². The normalized spacial score (nSPS) is 15.0. The molecule has 0 radical (unpaired) electrons. The van der Waals surface area contributed by atoms with Gasteiger partial charge in [0.15, 0.2) is 0 Å². The minimum absolute atomic E-state index is 0.0420. The minimum Gasteiger partial charge on any atom is -0.444 e. The Morgan fingerprint density at radius 3 is 2.32 bits per heavy atom. The zero-order chi connectivity index (χ0) is 22.8. The molecule has 2 amide bonds. The molecule has 0 bridgehead atoms. The first-order valence-corrected chi connectivity index (χ1v) is 10.2. The summed E-state index contributed by atoms with van der Waals surface area (Å²) in [7, 11) is 0. The van der Waals surface area contributed by atoms with Gasteiger partial charge in [0.1, 0.15) is 5.60 Å². The summed E-state index contributed by atoms with van der Waals surface area (Å²) in [4.78, 5) is 26.3. The van der Waals surface area contributed by atoms with E-state index in [4.69, 9.17) is 4.74 Å². The van der Waals surface area contributed by atoms with Crippen molar-refractivity contribution < 1.29 is 27.5 Å². The van der Waals surface area contributed by atoms with Crippen molar-refractivity contribution in [2.24, 2.45) is 5.92 Å². The van der Waals surface area contributed by atoms with Crippen molar-refractivity contribution in [3.8, 4) is 0 Å². The lowest BCUT2D eigenvalue weighted by molar-refractivity contribution is -0.186. The summed E-state index contributed by atoms with van der Waals surface area (Å²) in [6, 6.07) is 13.4. The van der Waals surface area contributed by atoms with Crippen LogP contribution in [0.5, 0.6) is 0 Å². The van der Waals surface area contributed by atoms with Crippen LogP contribution in [0, 0.1) is 5.92 Å². The van der Waals surface area contributed by atoms with Crippen LogP contribution in [0.2, 0.25) is 0 Å². The highest BCUT2D eigenvalue weighted by molar-refractivity contribution is 5.83. The molecule has 1 fully saturated rings. The van der Waals surface area contributed by atoms with Crippen LogP contribution >= 0.6 is 0 Å². The highest BCUT2D eigenvalue weighted by Gasteiger charge is 2.44. The second-order valence-electron chi connectivity index (χ2n) is 8.93. The lowest BCUT2D eigenvalue weighted by Crippen LogP contribution is -2.56. The van der Waals surface area contributed by atoms with E-state index in [0.29, 0.717) is 6.42 Å². The molecule has 0 atom stereocenters. The van der Waals surface area contributed by atoms with Crippen LogP contribution < -0.4 is 0 Å². The first-order valence-electron chi connectivity index (χ1n) is 10.2. The molecular formula is C23H27F3N2O3. The molecule has 0 saturated carbocycles. The number of carbonyl (C=O) groups excluding carboxylic acids is 2. The smallest absolute Gasteiger partial charge is 0.444 e. The number of hydrogen-bond donors (Lipinski definition) is 0. The number of nitrogens with zero attached hydrogens (tertiary/aromatic N) is 2. The van der Waals surface area contributed by atoms with E-state index in [9.17, 15) is 22.8 Å². The Bertz CT molecular complexity index is 947. The highest BCUT2D eigenvalue weighted by Crippen LogP contribution is 2.24. The Balaban J connectivity index is 1.61. The Morgan fingerprint density at radius 2 is 1.71 bits per heavy atom. The van der Waals surface area contributed by atoms with Crippen LogP contribution in [0.3, 0.4) is 0 Å². The van der Waals surface area contributed by atoms with E-state index < -0.39 is 23.8 Å². The van der Waals surface area contributed by atoms with Gasteiger partial charge in [-0.3, -0.25) is 4.79 Å². The van der Waals surface area contributed by atoms with Gasteiger partial charge < -0.3 is 14.5 Å². The van der Waals surface area contributed by atoms with Gasteiger partial charge >= 0.3 is 18.2 Å². The number of likely N-dealkylation sites (tertiary alicyclic amines) is 1. The molecule has 31 heavy (non-hydrogen) atoms. The van der Waals surface area contributed by atoms with Crippen molar-refractivity contribution in [2.75, 3.05) is 26.2 Å². The molecule has 1 saturated heterocycles. The second kappa shape index (κ2) is 8.77. The largest absolute Gasteiger partial charge is 0.471 e. The molecule has 0 N–H and O–H groups in total. The SMILES string of the molecule is CC(C)(C)OC(=O)N1CC(CN(CCc2ccc3ccccc3c2)C(=O)C(F)(F)F)C1. The summed E-state index contributed by atoms with van der Waals surface area (Å²) in [5.74, 6) is -2.06. The number of rotatable bonds is 5. The first-order chi connectivity index (χ1) is 14.4. The molecular weight excluding hydrogens is 409 g/mol. The first kappa shape index (κ1) is 22.9. The number of fused-ring (bicyclic) bond motifs is 1. The highest BCUT2D eigenvalue weighted by atomic mass is 19.4. The maximum Gasteiger partial charge on any atom is 0.471 e. The van der Waals surface area contributed by atoms with Gasteiger partial charge in [-0.25, -0.2) is 4.79 Å². The molecule has 1 aliphatic rings. The quantitative estimate of drug-likeness (QED) is 0.686. The summed E-state index contributed by atoms with van der Waals surface area (Å²) < 4.78 is 44.6. The minimum atomic E-state index is -4.93. The van der Waals surface area contributed by atoms with Gasteiger partial charge in [0.25, 0.3) is 0 Å². The number of hydrogen-bond acceptors (Lipinski definition) is 3. The lowest BCUT2D eigenvalue weighted by Gasteiger charge is -2.42. The topological polar surface area (TPSA) is 49.9 Å². The molecule has 2 aromatic carbocycles. The molecule has 1 aliphatic heterocycles. The number of amides is 2. The maximum absolute atomic E-state index is 13.1. The van der Waals surface area contributed by atoms with Crippen molar-refractivity contribution >= 4 is 22.8 Å². The van der Waals surface area contributed by atoms with Gasteiger partial charge in [0, 0.05) is 32.1 Å². The van der Waals surface area contributed by atoms with E-state index in [-0.39, 0.29) is 32.1 Å². The Hall–Kier alpha value is -2.77. The van der Waals surface area contributed by atoms with E-state index >= 15 is 0 Å². The molecule has 5 nitrogen and oxygen atoms in total. The fourth-order valence-corrected chi connectivity index (χ4v) is 3.59. The molecule has 1 heterocycles. The molecule has 3 rings (SSSR count). The van der Waals surface area contributed by atoms with Crippen LogP contribution in [0.4, 0.5) is 18.0 Å². The van der Waals surface area contributed by atoms with Gasteiger partial charge in [0.2, 0.25) is 0 Å². The van der Waals surface area contributed by atoms with Crippen molar-refractivity contribution in [2.45, 2.75) is 39.0 Å². The van der Waals surface area contributed by atoms with Crippen LogP contribution in [0.25, 0.3) is 10.8 Å². The number of carbonyl (C=O) groups is 2. The third kappa shape index (κ3) is 6.12. The van der Waals surface area contributed by atoms with E-state index in [1.165, 1.54) is 4.90 Å². The molecule has 0 aromatic heterocycles. The van der Waals surface area contributed by atoms with Gasteiger partial charge in [-0.1, -0.05) is 42.5 Å². The van der Waals surface area contributed by atoms with Crippen LogP contribution in [-0.4, -0.2) is 59.8 Å². The van der Waals surface area contributed by atoms with Crippen molar-refractivity contribution in [1.82, 2.24) is 9.80 Å². The lowest BCUT2D eigenvalue weighted by atomic mass is 9.99. The third-order valence-electron chi connectivity index (χ3n) is 5.10. The third-order valence-corrected chi connectivity index (χ3v) is 5.10. The van der Waals surface area contributed by atoms with E-state index in [1.54, 1.807) is 20.8 Å². The average molecular weight is 436 g/mol. The van der Waals surface area contributed by atoms with Crippen LogP contribution in [-0.2, 0) is 16.0 Å². The molecule has 168 valence electrons. The summed E-state index contributed by atoms with van der Waals surface area (Å²) >= 11 is 0. The van der Waals surface area contributed by atoms with Crippen molar-refractivity contribution in [1.29, 1.82) is 0 Å². The Labute approximate surface area is 179 Å². The summed E-state index contributed by atoms with van der Waals surface area (Å²) in [6.45, 7) is 5.69. The summed E-state index contributed by atoms with van der Waals surface area (Å²) in [6.07, 6.45) is -5.11. The standard InChI is InChI=1S/C23H27F3N2O3/c1-22(2,3)31-21(30)28-14-17(15-28)13-27(20(29)23(24,25)26)11-10-16-8-9-18-6-4-5-7-19(18)12-16/h4-9,12,17H,10-11,13-15H2,1-3H3. The van der Waals surface area contributed by atoms with E-state index in [0.717, 1.165) is 21.2 Å². The van der Waals surface area contributed by atoms with Gasteiger partial charge in [-0.2, -0.15) is 13.2 Å². The van der Waals surface area contributed by atoms with E-state index in [2.05, 4.69) is 0 Å². The molecule has 0 spiro atoms. The Morgan fingerprint density at radius 1 is 1.06 bits per heavy atom. The fraction of sp³-hybridized carbons (Fsp3) is 0.478. The Kier molecular flexibility index (Phi) is 6.48. The van der Waals surface area contributed by atoms with Crippen LogP contribution in [0.15, 0.2) is 42.5 Å². The van der Waals surface area contributed by atoms with E-state index in [1.807, 2.05) is 42.5 Å². The molecule has 0 aliphatic carbocycles. The number of halogens is 3. The van der Waals surface area contributed by atoms with Crippen molar-refractivity contribution in [3.05, 3.63) is 48.0 Å². The van der Waals surface area contributed by atoms with Gasteiger partial charge in [0.05, 0.1) is 0 Å². The summed E-state index contributed by atoms with van der Waals surface area (Å²) in [5, 5.41) is 2.05. The van der Waals surface area contributed by atoms with Gasteiger partial charge in [-0.15, -0.1) is 0 Å². The summed E-state index contributed by atoms with van der Waals surface area (Å²) in [5.41, 5.74) is 0.225.